The van der Waals surface area contributed by atoms with Gasteiger partial charge in [0.1, 0.15) is 12.2 Å². The average Bonchev–Trinajstić information content (AvgIpc) is 3.38. The van der Waals surface area contributed by atoms with E-state index in [1.54, 1.807) is 6.08 Å². The van der Waals surface area contributed by atoms with Crippen molar-refractivity contribution in [1.82, 2.24) is 15.6 Å². The quantitative estimate of drug-likeness (QED) is 0.268. The fraction of sp³-hybridized carbons (Fsp3) is 0.562. The lowest BCUT2D eigenvalue weighted by Crippen LogP contribution is -2.52. The highest BCUT2D eigenvalue weighted by Crippen LogP contribution is 2.51. The summed E-state index contributed by atoms with van der Waals surface area (Å²) in [5, 5.41) is 21.1. The molecule has 1 aliphatic carbocycles. The van der Waals surface area contributed by atoms with Crippen molar-refractivity contribution >= 4 is 17.4 Å². The number of carbonyl (C=O) groups excluding carboxylic acids is 1. The number of fused-ring (bicyclic) bond motifs is 2. The van der Waals surface area contributed by atoms with E-state index < -0.39 is 12.1 Å². The van der Waals surface area contributed by atoms with E-state index in [2.05, 4.69) is 49.4 Å². The molecular formula is C32H44N4O6. The molecule has 1 aromatic carbocycles. The molecule has 3 aliphatic rings. The third-order valence-corrected chi connectivity index (χ3v) is 8.02. The number of aromatic nitrogens is 1. The van der Waals surface area contributed by atoms with Crippen molar-refractivity contribution in [2.45, 2.75) is 83.1 Å². The summed E-state index contributed by atoms with van der Waals surface area (Å²) < 4.78 is 22.8. The number of ether oxygens (including phenoxy) is 4. The highest BCUT2D eigenvalue weighted by molar-refractivity contribution is 5.77. The zero-order valence-electron chi connectivity index (χ0n) is 25.1. The molecule has 1 spiro atoms. The van der Waals surface area contributed by atoms with Crippen LogP contribution >= 0.6 is 0 Å². The molecule has 2 aromatic rings. The monoisotopic (exact) mass is 580 g/mol. The molecular weight excluding hydrogens is 536 g/mol. The normalized spacial score (nSPS) is 19.7. The van der Waals surface area contributed by atoms with Gasteiger partial charge in [-0.25, -0.2) is 4.98 Å². The van der Waals surface area contributed by atoms with Gasteiger partial charge in [-0.3, -0.25) is 4.79 Å². The Morgan fingerprint density at radius 1 is 1.26 bits per heavy atom. The van der Waals surface area contributed by atoms with E-state index >= 15 is 0 Å². The molecule has 3 atom stereocenters. The van der Waals surface area contributed by atoms with E-state index in [4.69, 9.17) is 23.9 Å². The molecule has 2 aliphatic heterocycles. The second kappa shape index (κ2) is 12.5. The number of hydrogen-bond donors (Lipinski definition) is 4. The van der Waals surface area contributed by atoms with Gasteiger partial charge in [-0.05, 0) is 55.7 Å². The fourth-order valence-electron chi connectivity index (χ4n) is 5.88. The van der Waals surface area contributed by atoms with Gasteiger partial charge < -0.3 is 40.0 Å². The molecule has 42 heavy (non-hydrogen) atoms. The van der Waals surface area contributed by atoms with Gasteiger partial charge in [0, 0.05) is 49.1 Å². The van der Waals surface area contributed by atoms with E-state index in [1.807, 2.05) is 18.2 Å². The molecule has 1 saturated carbocycles. The summed E-state index contributed by atoms with van der Waals surface area (Å²) in [4.78, 5) is 17.2. The van der Waals surface area contributed by atoms with E-state index in [0.29, 0.717) is 18.0 Å². The van der Waals surface area contributed by atoms with Crippen LogP contribution in [0.15, 0.2) is 36.9 Å². The van der Waals surface area contributed by atoms with Crippen molar-refractivity contribution in [2.24, 2.45) is 5.41 Å². The molecule has 1 fully saturated rings. The Bertz CT molecular complexity index is 1290. The minimum absolute atomic E-state index is 0.0272. The molecule has 1 aromatic heterocycles. The van der Waals surface area contributed by atoms with Crippen LogP contribution < -0.4 is 30.2 Å². The van der Waals surface area contributed by atoms with Gasteiger partial charge in [0.05, 0.1) is 12.1 Å². The number of nitrogens with one attached hydrogen (secondary N) is 3. The number of benzene rings is 1. The average molecular weight is 581 g/mol. The summed E-state index contributed by atoms with van der Waals surface area (Å²) in [5.74, 6) is 2.54. The number of rotatable bonds is 12. The van der Waals surface area contributed by atoms with Crippen LogP contribution in [0.3, 0.4) is 0 Å². The topological polar surface area (TPSA) is 123 Å². The Balaban J connectivity index is 1.44. The lowest BCUT2D eigenvalue weighted by molar-refractivity contribution is -0.126. The zero-order chi connectivity index (χ0) is 29.9. The van der Waals surface area contributed by atoms with Crippen LogP contribution in [0.5, 0.6) is 17.2 Å². The van der Waals surface area contributed by atoms with Crippen molar-refractivity contribution in [2.75, 3.05) is 32.4 Å². The van der Waals surface area contributed by atoms with Gasteiger partial charge >= 0.3 is 0 Å². The summed E-state index contributed by atoms with van der Waals surface area (Å²) in [6.45, 7) is 10.8. The van der Waals surface area contributed by atoms with Gasteiger partial charge in [0.2, 0.25) is 12.7 Å². The number of anilines is 2. The predicted octanol–water partition coefficient (Wildman–Crippen LogP) is 4.55. The Kier molecular flexibility index (Phi) is 8.96. The molecule has 5 rings (SSSR count). The molecule has 4 N–H and O–H groups in total. The van der Waals surface area contributed by atoms with Crippen LogP contribution in [0.25, 0.3) is 0 Å². The van der Waals surface area contributed by atoms with Crippen LogP contribution in [-0.2, 0) is 16.0 Å². The first-order valence-corrected chi connectivity index (χ1v) is 14.8. The predicted molar refractivity (Wildman–Crippen MR) is 160 cm³/mol. The van der Waals surface area contributed by atoms with Crippen LogP contribution in [0.2, 0.25) is 0 Å². The number of hydrogen-bond acceptors (Lipinski definition) is 9. The largest absolute Gasteiger partial charge is 0.483 e. The van der Waals surface area contributed by atoms with Gasteiger partial charge in [0.25, 0.3) is 0 Å². The minimum atomic E-state index is -0.824. The maximum atomic E-state index is 12.2. The smallest absolute Gasteiger partial charge is 0.246 e. The van der Waals surface area contributed by atoms with Crippen LogP contribution in [0.1, 0.15) is 70.2 Å². The van der Waals surface area contributed by atoms with Crippen molar-refractivity contribution in [3.05, 3.63) is 48.2 Å². The SMILES string of the molecule is C=CC[C@H](NC(=O)COC)[C@H](O)CN[C@H]1CC2(CCC2)Oc2c1cc(CC(C)(C)C)nc2Nc1ccc2c(c1)OCO2. The lowest BCUT2D eigenvalue weighted by atomic mass is 9.72. The van der Waals surface area contributed by atoms with Crippen molar-refractivity contribution in [3.8, 4) is 17.2 Å². The summed E-state index contributed by atoms with van der Waals surface area (Å²) in [6, 6.07) is 7.35. The molecule has 10 heteroatoms. The number of amides is 1. The van der Waals surface area contributed by atoms with Crippen LogP contribution in [0, 0.1) is 5.41 Å². The van der Waals surface area contributed by atoms with E-state index in [1.165, 1.54) is 7.11 Å². The number of aliphatic hydroxyl groups excluding tert-OH is 1. The number of aliphatic hydroxyl groups is 1. The Morgan fingerprint density at radius 3 is 2.74 bits per heavy atom. The molecule has 0 bridgehead atoms. The van der Waals surface area contributed by atoms with E-state index in [-0.39, 0.29) is 42.9 Å². The maximum Gasteiger partial charge on any atom is 0.246 e. The second-order valence-corrected chi connectivity index (χ2v) is 12.8. The summed E-state index contributed by atoms with van der Waals surface area (Å²) >= 11 is 0. The third kappa shape index (κ3) is 6.99. The molecule has 0 radical (unpaired) electrons. The molecule has 0 saturated heterocycles. The van der Waals surface area contributed by atoms with Gasteiger partial charge in [-0.1, -0.05) is 26.8 Å². The molecule has 1 amide bonds. The maximum absolute atomic E-state index is 12.2. The first-order valence-electron chi connectivity index (χ1n) is 14.8. The molecule has 10 nitrogen and oxygen atoms in total. The third-order valence-electron chi connectivity index (χ3n) is 8.02. The Hall–Kier alpha value is -3.34. The number of methoxy groups -OCH3 is 1. The zero-order valence-corrected chi connectivity index (χ0v) is 25.1. The molecule has 0 unspecified atom stereocenters. The van der Waals surface area contributed by atoms with E-state index in [9.17, 15) is 9.90 Å². The van der Waals surface area contributed by atoms with E-state index in [0.717, 1.165) is 60.5 Å². The number of pyridine rings is 1. The highest BCUT2D eigenvalue weighted by Gasteiger charge is 2.47. The number of carbonyl (C=O) groups is 1. The number of nitrogens with zero attached hydrogens (tertiary/aromatic N) is 1. The van der Waals surface area contributed by atoms with Crippen molar-refractivity contribution in [3.63, 3.8) is 0 Å². The lowest BCUT2D eigenvalue weighted by Gasteiger charge is -2.48. The first-order chi connectivity index (χ1) is 20.1. The highest BCUT2D eigenvalue weighted by atomic mass is 16.7. The Morgan fingerprint density at radius 2 is 2.05 bits per heavy atom. The summed E-state index contributed by atoms with van der Waals surface area (Å²) in [6.07, 6.45) is 5.93. The first kappa shape index (κ1) is 30.1. The van der Waals surface area contributed by atoms with Crippen molar-refractivity contribution < 1.29 is 28.8 Å². The molecule has 228 valence electrons. The second-order valence-electron chi connectivity index (χ2n) is 12.8. The van der Waals surface area contributed by atoms with Crippen LogP contribution in [-0.4, -0.2) is 60.8 Å². The summed E-state index contributed by atoms with van der Waals surface area (Å²) in [7, 11) is 1.47. The van der Waals surface area contributed by atoms with Gasteiger partial charge in [-0.2, -0.15) is 0 Å². The summed E-state index contributed by atoms with van der Waals surface area (Å²) in [5.41, 5.74) is 2.56. The minimum Gasteiger partial charge on any atom is -0.483 e. The van der Waals surface area contributed by atoms with Gasteiger partial charge in [-0.15, -0.1) is 6.58 Å². The fourth-order valence-corrected chi connectivity index (χ4v) is 5.88. The standard InChI is InChI=1S/C32H44N4O6/c1-6-8-23(36-28(38)18-39-5)25(37)17-33-24-16-32(11-7-12-32)42-29-22(24)13-21(15-31(2,3)4)35-30(29)34-20-9-10-26-27(14-20)41-19-40-26/h6,9-10,13-14,23-25,33,37H,1,7-8,11-12,15-19H2,2-5H3,(H,34,35)(H,36,38)/t23-,24-,25+/m0/s1. The molecule has 3 heterocycles. The van der Waals surface area contributed by atoms with Crippen LogP contribution in [0.4, 0.5) is 11.5 Å². The Labute approximate surface area is 248 Å². The van der Waals surface area contributed by atoms with Gasteiger partial charge in [0.15, 0.2) is 23.1 Å². The van der Waals surface area contributed by atoms with Crippen molar-refractivity contribution in [1.29, 1.82) is 0 Å².